The van der Waals surface area contributed by atoms with Gasteiger partial charge in [0.25, 0.3) is 0 Å². The van der Waals surface area contributed by atoms with E-state index in [4.69, 9.17) is 9.47 Å². The van der Waals surface area contributed by atoms with Crippen molar-refractivity contribution in [2.45, 2.75) is 32.4 Å². The standard InChI is InChI=1S/C15H20N2O5/c1-5-9-14(18)17(8(2)15(19)20)11-7-13(22-4)12(21-3)6-10(11)16-9/h6-9,16H,5H2,1-4H3,(H,19,20). The van der Waals surface area contributed by atoms with Gasteiger partial charge in [-0.1, -0.05) is 6.92 Å². The van der Waals surface area contributed by atoms with Crippen LogP contribution in [0.15, 0.2) is 12.1 Å². The molecule has 1 aromatic rings. The Bertz CT molecular complexity index is 602. The van der Waals surface area contributed by atoms with Crippen LogP contribution in [0.2, 0.25) is 0 Å². The molecule has 7 heteroatoms. The van der Waals surface area contributed by atoms with Crippen molar-refractivity contribution in [3.05, 3.63) is 12.1 Å². The first kappa shape index (κ1) is 15.9. The molecule has 22 heavy (non-hydrogen) atoms. The number of amides is 1. The molecule has 0 saturated heterocycles. The summed E-state index contributed by atoms with van der Waals surface area (Å²) in [7, 11) is 3.01. The fraction of sp³-hybridized carbons (Fsp3) is 0.467. The summed E-state index contributed by atoms with van der Waals surface area (Å²) in [5, 5.41) is 12.4. The van der Waals surface area contributed by atoms with E-state index >= 15 is 0 Å². The van der Waals surface area contributed by atoms with Crippen molar-refractivity contribution in [3.8, 4) is 11.5 Å². The zero-order chi connectivity index (χ0) is 16.4. The second-order valence-electron chi connectivity index (χ2n) is 5.05. The van der Waals surface area contributed by atoms with Crippen molar-refractivity contribution in [3.63, 3.8) is 0 Å². The van der Waals surface area contributed by atoms with Gasteiger partial charge in [0.1, 0.15) is 12.1 Å². The van der Waals surface area contributed by atoms with E-state index in [0.717, 1.165) is 0 Å². The molecule has 0 spiro atoms. The molecule has 1 amide bonds. The lowest BCUT2D eigenvalue weighted by molar-refractivity contribution is -0.139. The Morgan fingerprint density at radius 3 is 2.45 bits per heavy atom. The van der Waals surface area contributed by atoms with E-state index in [2.05, 4.69) is 5.32 Å². The van der Waals surface area contributed by atoms with Gasteiger partial charge < -0.3 is 19.9 Å². The molecule has 2 N–H and O–H groups in total. The predicted octanol–water partition coefficient (Wildman–Crippen LogP) is 1.71. The summed E-state index contributed by atoms with van der Waals surface area (Å²) in [5.41, 5.74) is 1.12. The summed E-state index contributed by atoms with van der Waals surface area (Å²) >= 11 is 0. The van der Waals surface area contributed by atoms with Gasteiger partial charge in [0.05, 0.1) is 25.6 Å². The van der Waals surface area contributed by atoms with Crippen LogP contribution in [0, 0.1) is 0 Å². The van der Waals surface area contributed by atoms with Crippen LogP contribution in [0.1, 0.15) is 20.3 Å². The number of anilines is 2. The molecule has 1 aliphatic rings. The van der Waals surface area contributed by atoms with Gasteiger partial charge in [-0.05, 0) is 13.3 Å². The van der Waals surface area contributed by atoms with Crippen LogP contribution in [0.25, 0.3) is 0 Å². The maximum Gasteiger partial charge on any atom is 0.326 e. The van der Waals surface area contributed by atoms with Gasteiger partial charge in [-0.3, -0.25) is 9.69 Å². The summed E-state index contributed by atoms with van der Waals surface area (Å²) in [4.78, 5) is 25.2. The van der Waals surface area contributed by atoms with Gasteiger partial charge in [0.2, 0.25) is 5.91 Å². The number of fused-ring (bicyclic) bond motifs is 1. The smallest absolute Gasteiger partial charge is 0.326 e. The highest BCUT2D eigenvalue weighted by atomic mass is 16.5. The molecule has 7 nitrogen and oxygen atoms in total. The fourth-order valence-electron chi connectivity index (χ4n) is 2.51. The Kier molecular flexibility index (Phi) is 4.44. The van der Waals surface area contributed by atoms with Crippen LogP contribution < -0.4 is 19.7 Å². The van der Waals surface area contributed by atoms with E-state index in [0.29, 0.717) is 29.3 Å². The van der Waals surface area contributed by atoms with Gasteiger partial charge in [-0.2, -0.15) is 0 Å². The molecular weight excluding hydrogens is 288 g/mol. The molecule has 0 aromatic heterocycles. The van der Waals surface area contributed by atoms with E-state index in [-0.39, 0.29) is 5.91 Å². The van der Waals surface area contributed by atoms with Crippen LogP contribution in [-0.2, 0) is 9.59 Å². The molecular formula is C15H20N2O5. The maximum absolute atomic E-state index is 12.5. The number of rotatable bonds is 5. The number of nitrogens with one attached hydrogen (secondary N) is 1. The summed E-state index contributed by atoms with van der Waals surface area (Å²) in [6.45, 7) is 3.35. The number of hydrogen-bond acceptors (Lipinski definition) is 5. The van der Waals surface area contributed by atoms with Crippen LogP contribution in [-0.4, -0.2) is 43.3 Å². The Hall–Kier alpha value is -2.44. The van der Waals surface area contributed by atoms with Gasteiger partial charge >= 0.3 is 5.97 Å². The minimum Gasteiger partial charge on any atom is -0.493 e. The number of nitrogens with zero attached hydrogens (tertiary/aromatic N) is 1. The Morgan fingerprint density at radius 2 is 1.95 bits per heavy atom. The molecule has 0 aliphatic carbocycles. The normalized spacial score (nSPS) is 18.3. The number of carbonyl (C=O) groups excluding carboxylic acids is 1. The molecule has 1 aliphatic heterocycles. The first-order valence-corrected chi connectivity index (χ1v) is 7.03. The lowest BCUT2D eigenvalue weighted by atomic mass is 10.0. The molecule has 2 rings (SSSR count). The average molecular weight is 308 g/mol. The molecule has 0 saturated carbocycles. The first-order chi connectivity index (χ1) is 10.4. The average Bonchev–Trinajstić information content (AvgIpc) is 2.52. The van der Waals surface area contributed by atoms with Crippen molar-refractivity contribution >= 4 is 23.3 Å². The number of benzene rings is 1. The zero-order valence-corrected chi connectivity index (χ0v) is 13.0. The molecule has 0 fully saturated rings. The predicted molar refractivity (Wildman–Crippen MR) is 81.8 cm³/mol. The maximum atomic E-state index is 12.5. The van der Waals surface area contributed by atoms with E-state index < -0.39 is 18.1 Å². The topological polar surface area (TPSA) is 88.1 Å². The highest BCUT2D eigenvalue weighted by molar-refractivity contribution is 6.08. The van der Waals surface area contributed by atoms with Crippen LogP contribution in [0.4, 0.5) is 11.4 Å². The van der Waals surface area contributed by atoms with Crippen molar-refractivity contribution < 1.29 is 24.2 Å². The highest BCUT2D eigenvalue weighted by Gasteiger charge is 2.37. The zero-order valence-electron chi connectivity index (χ0n) is 13.0. The summed E-state index contributed by atoms with van der Waals surface area (Å²) < 4.78 is 10.5. The fourth-order valence-corrected chi connectivity index (χ4v) is 2.51. The van der Waals surface area contributed by atoms with E-state index in [9.17, 15) is 14.7 Å². The van der Waals surface area contributed by atoms with Crippen LogP contribution >= 0.6 is 0 Å². The van der Waals surface area contributed by atoms with Crippen LogP contribution in [0.5, 0.6) is 11.5 Å². The van der Waals surface area contributed by atoms with Crippen molar-refractivity contribution in [2.24, 2.45) is 0 Å². The summed E-state index contributed by atoms with van der Waals surface area (Å²) in [5.74, 6) is -0.378. The third-order valence-corrected chi connectivity index (χ3v) is 3.78. The highest BCUT2D eigenvalue weighted by Crippen LogP contribution is 2.42. The lowest BCUT2D eigenvalue weighted by Crippen LogP contribution is -2.53. The first-order valence-electron chi connectivity index (χ1n) is 7.03. The van der Waals surface area contributed by atoms with E-state index in [1.54, 1.807) is 12.1 Å². The van der Waals surface area contributed by atoms with E-state index in [1.807, 2.05) is 6.92 Å². The van der Waals surface area contributed by atoms with Gasteiger partial charge in [-0.15, -0.1) is 0 Å². The summed E-state index contributed by atoms with van der Waals surface area (Å²) in [6, 6.07) is 1.89. The minimum absolute atomic E-state index is 0.267. The Balaban J connectivity index is 2.60. The number of carboxylic acid groups (broad SMARTS) is 1. The molecule has 0 radical (unpaired) electrons. The van der Waals surface area contributed by atoms with Crippen molar-refractivity contribution in [2.75, 3.05) is 24.4 Å². The number of carbonyl (C=O) groups is 2. The SMILES string of the molecule is CCC1Nc2cc(OC)c(OC)cc2N(C(C)C(=O)O)C1=O. The van der Waals surface area contributed by atoms with Gasteiger partial charge in [0, 0.05) is 12.1 Å². The number of ether oxygens (including phenoxy) is 2. The van der Waals surface area contributed by atoms with Crippen LogP contribution in [0.3, 0.4) is 0 Å². The molecule has 1 aromatic carbocycles. The Morgan fingerprint density at radius 1 is 1.36 bits per heavy atom. The molecule has 1 heterocycles. The lowest BCUT2D eigenvalue weighted by Gasteiger charge is -2.37. The number of methoxy groups -OCH3 is 2. The number of aliphatic carboxylic acids is 1. The number of carboxylic acids is 1. The summed E-state index contributed by atoms with van der Waals surface area (Å²) in [6.07, 6.45) is 0.551. The van der Waals surface area contributed by atoms with Crippen molar-refractivity contribution in [1.29, 1.82) is 0 Å². The third kappa shape index (κ3) is 2.54. The van der Waals surface area contributed by atoms with Gasteiger partial charge in [0.15, 0.2) is 11.5 Å². The molecule has 2 unspecified atom stereocenters. The largest absolute Gasteiger partial charge is 0.493 e. The molecule has 120 valence electrons. The quantitative estimate of drug-likeness (QED) is 0.861. The monoisotopic (exact) mass is 308 g/mol. The number of hydrogen-bond donors (Lipinski definition) is 2. The Labute approximate surface area is 128 Å². The van der Waals surface area contributed by atoms with Crippen molar-refractivity contribution in [1.82, 2.24) is 0 Å². The minimum atomic E-state index is -1.06. The second-order valence-corrected chi connectivity index (χ2v) is 5.05. The molecule has 0 bridgehead atoms. The van der Waals surface area contributed by atoms with Gasteiger partial charge in [-0.25, -0.2) is 4.79 Å². The molecule has 2 atom stereocenters. The third-order valence-electron chi connectivity index (χ3n) is 3.78. The van der Waals surface area contributed by atoms with E-state index in [1.165, 1.54) is 26.0 Å². The second kappa shape index (κ2) is 6.13.